The molecule has 2 atom stereocenters. The van der Waals surface area contributed by atoms with E-state index in [2.05, 4.69) is 0 Å². The summed E-state index contributed by atoms with van der Waals surface area (Å²) in [6, 6.07) is 0. The predicted octanol–water partition coefficient (Wildman–Crippen LogP) is 1.53. The molecule has 0 spiro atoms. The Morgan fingerprint density at radius 3 is 2.20 bits per heavy atom. The number of esters is 1. The Morgan fingerprint density at radius 1 is 1.47 bits per heavy atom. The highest BCUT2D eigenvalue weighted by molar-refractivity contribution is 7.52. The Bertz CT molecular complexity index is 272. The second kappa shape index (κ2) is 5.10. The van der Waals surface area contributed by atoms with Crippen LogP contribution in [0.3, 0.4) is 0 Å². The van der Waals surface area contributed by atoms with E-state index in [1.165, 1.54) is 13.8 Å². The van der Waals surface area contributed by atoms with E-state index in [-0.39, 0.29) is 6.61 Å². The summed E-state index contributed by atoms with van der Waals surface area (Å²) >= 11 is 0. The van der Waals surface area contributed by atoms with Crippen LogP contribution in [0, 0.1) is 5.41 Å². The minimum absolute atomic E-state index is 0.211. The smallest absolute Gasteiger partial charge is 0.329 e. The minimum atomic E-state index is -4.27. The lowest BCUT2D eigenvalue weighted by Crippen LogP contribution is -2.39. The Kier molecular flexibility index (Phi) is 4.97. The van der Waals surface area contributed by atoms with E-state index in [9.17, 15) is 9.36 Å². The fraction of sp³-hybridized carbons (Fsp3) is 0.889. The second-order valence-electron chi connectivity index (χ2n) is 3.76. The fourth-order valence-electron chi connectivity index (χ4n) is 1.28. The molecule has 0 saturated carbocycles. The maximum atomic E-state index is 11.6. The topological polar surface area (TPSA) is 83.8 Å². The van der Waals surface area contributed by atoms with Crippen molar-refractivity contribution in [3.05, 3.63) is 0 Å². The van der Waals surface area contributed by atoms with Crippen molar-refractivity contribution in [1.82, 2.24) is 0 Å². The van der Waals surface area contributed by atoms with Gasteiger partial charge in [0.1, 0.15) is 0 Å². The Labute approximate surface area is 90.0 Å². The zero-order valence-electron chi connectivity index (χ0n) is 9.56. The fourth-order valence-corrected chi connectivity index (χ4v) is 2.31. The third kappa shape index (κ3) is 3.30. The van der Waals surface area contributed by atoms with Crippen molar-refractivity contribution in [2.75, 3.05) is 6.61 Å². The summed E-state index contributed by atoms with van der Waals surface area (Å²) in [5.41, 5.74) is -2.16. The summed E-state index contributed by atoms with van der Waals surface area (Å²) < 4.78 is 16.0. The molecule has 0 aromatic rings. The van der Waals surface area contributed by atoms with Crippen molar-refractivity contribution >= 4 is 13.6 Å². The van der Waals surface area contributed by atoms with Gasteiger partial charge >= 0.3 is 13.6 Å². The van der Waals surface area contributed by atoms with Crippen LogP contribution in [0.5, 0.6) is 0 Å². The van der Waals surface area contributed by atoms with E-state index in [0.29, 0.717) is 6.42 Å². The first-order valence-electron chi connectivity index (χ1n) is 4.92. The van der Waals surface area contributed by atoms with Crippen LogP contribution in [-0.2, 0) is 14.1 Å². The number of hydrogen-bond donors (Lipinski definition) is 2. The van der Waals surface area contributed by atoms with E-state index >= 15 is 0 Å². The third-order valence-corrected chi connectivity index (χ3v) is 4.48. The molecular weight excluding hydrogens is 219 g/mol. The van der Waals surface area contributed by atoms with E-state index in [1.807, 2.05) is 0 Å². The summed E-state index contributed by atoms with van der Waals surface area (Å²) in [5.74, 6) is -0.552. The van der Waals surface area contributed by atoms with E-state index in [4.69, 9.17) is 14.5 Å². The molecule has 0 radical (unpaired) electrons. The zero-order chi connectivity index (χ0) is 12.3. The zero-order valence-corrected chi connectivity index (χ0v) is 10.5. The highest BCUT2D eigenvalue weighted by atomic mass is 31.2. The molecule has 0 bridgehead atoms. The maximum Gasteiger partial charge on any atom is 0.329 e. The third-order valence-electron chi connectivity index (χ3n) is 2.90. The van der Waals surface area contributed by atoms with Gasteiger partial charge in [0.05, 0.1) is 17.7 Å². The SMILES string of the molecule is CCOC(=O)C(C)(CC)C(C)P(=O)(O)O. The lowest BCUT2D eigenvalue weighted by Gasteiger charge is -2.32. The highest BCUT2D eigenvalue weighted by Gasteiger charge is 2.46. The van der Waals surface area contributed by atoms with Crippen LogP contribution in [0.4, 0.5) is 0 Å². The molecule has 0 saturated heterocycles. The number of carbonyl (C=O) groups is 1. The standard InChI is InChI=1S/C9H19O5P/c1-5-9(4,8(10)14-6-2)7(3)15(11,12)13/h7H,5-6H2,1-4H3,(H2,11,12,13). The lowest BCUT2D eigenvalue weighted by molar-refractivity contribution is -0.154. The van der Waals surface area contributed by atoms with Crippen molar-refractivity contribution in [3.8, 4) is 0 Å². The van der Waals surface area contributed by atoms with Gasteiger partial charge in [-0.05, 0) is 27.2 Å². The average Bonchev–Trinajstić information content (AvgIpc) is 2.14. The molecular formula is C9H19O5P. The van der Waals surface area contributed by atoms with Gasteiger partial charge in [0.15, 0.2) is 0 Å². The first kappa shape index (κ1) is 14.6. The van der Waals surface area contributed by atoms with Gasteiger partial charge < -0.3 is 14.5 Å². The molecule has 0 amide bonds. The monoisotopic (exact) mass is 238 g/mol. The second-order valence-corrected chi connectivity index (χ2v) is 5.71. The largest absolute Gasteiger partial charge is 0.466 e. The average molecular weight is 238 g/mol. The van der Waals surface area contributed by atoms with E-state index in [1.54, 1.807) is 13.8 Å². The summed E-state index contributed by atoms with van der Waals surface area (Å²) in [6.45, 7) is 6.48. The molecule has 0 rings (SSSR count). The number of carbonyl (C=O) groups excluding carboxylic acids is 1. The van der Waals surface area contributed by atoms with Crippen molar-refractivity contribution in [1.29, 1.82) is 0 Å². The molecule has 0 aromatic heterocycles. The molecule has 6 heteroatoms. The van der Waals surface area contributed by atoms with Gasteiger partial charge in [-0.25, -0.2) is 0 Å². The normalized spacial score (nSPS) is 18.0. The quantitative estimate of drug-likeness (QED) is 0.560. The van der Waals surface area contributed by atoms with Crippen molar-refractivity contribution in [3.63, 3.8) is 0 Å². The van der Waals surface area contributed by atoms with Crippen LogP contribution in [0.1, 0.15) is 34.1 Å². The van der Waals surface area contributed by atoms with Crippen LogP contribution < -0.4 is 0 Å². The summed E-state index contributed by atoms with van der Waals surface area (Å²) in [5, 5.41) is 0. The molecule has 0 fully saturated rings. The molecule has 90 valence electrons. The van der Waals surface area contributed by atoms with Crippen LogP contribution >= 0.6 is 7.60 Å². The van der Waals surface area contributed by atoms with Crippen LogP contribution in [0.2, 0.25) is 0 Å². The van der Waals surface area contributed by atoms with Gasteiger partial charge in [-0.3, -0.25) is 9.36 Å². The molecule has 2 N–H and O–H groups in total. The van der Waals surface area contributed by atoms with Gasteiger partial charge in [-0.15, -0.1) is 0 Å². The summed E-state index contributed by atoms with van der Waals surface area (Å²) in [6.07, 6.45) is 0.331. The van der Waals surface area contributed by atoms with E-state index in [0.717, 1.165) is 0 Å². The highest BCUT2D eigenvalue weighted by Crippen LogP contribution is 2.51. The van der Waals surface area contributed by atoms with Crippen molar-refractivity contribution < 1.29 is 23.9 Å². The molecule has 5 nitrogen and oxygen atoms in total. The Hall–Kier alpha value is -0.380. The van der Waals surface area contributed by atoms with Gasteiger partial charge in [0.2, 0.25) is 0 Å². The molecule has 2 unspecified atom stereocenters. The van der Waals surface area contributed by atoms with Crippen LogP contribution in [0.25, 0.3) is 0 Å². The van der Waals surface area contributed by atoms with Crippen LogP contribution in [-0.4, -0.2) is 28.0 Å². The molecule has 0 aromatic carbocycles. The first-order chi connectivity index (χ1) is 6.70. The Morgan fingerprint density at radius 2 is 1.93 bits per heavy atom. The molecule has 0 heterocycles. The van der Waals surface area contributed by atoms with Gasteiger partial charge in [0, 0.05) is 0 Å². The first-order valence-corrected chi connectivity index (χ1v) is 6.60. The molecule has 0 aliphatic heterocycles. The number of rotatable bonds is 5. The summed E-state index contributed by atoms with van der Waals surface area (Å²) in [4.78, 5) is 29.8. The van der Waals surface area contributed by atoms with Crippen molar-refractivity contribution in [2.24, 2.45) is 5.41 Å². The van der Waals surface area contributed by atoms with Crippen LogP contribution in [0.15, 0.2) is 0 Å². The molecule has 0 aliphatic carbocycles. The molecule has 15 heavy (non-hydrogen) atoms. The van der Waals surface area contributed by atoms with Gasteiger partial charge in [-0.2, -0.15) is 0 Å². The summed E-state index contributed by atoms with van der Waals surface area (Å²) in [7, 11) is -4.27. The van der Waals surface area contributed by atoms with E-state index < -0.39 is 24.6 Å². The lowest BCUT2D eigenvalue weighted by atomic mass is 9.84. The predicted molar refractivity (Wildman–Crippen MR) is 56.5 cm³/mol. The Balaban J connectivity index is 5.01. The van der Waals surface area contributed by atoms with Crippen molar-refractivity contribution in [2.45, 2.75) is 39.8 Å². The maximum absolute atomic E-state index is 11.6. The number of ether oxygens (including phenoxy) is 1. The minimum Gasteiger partial charge on any atom is -0.466 e. The number of hydrogen-bond acceptors (Lipinski definition) is 3. The molecule has 0 aliphatic rings. The van der Waals surface area contributed by atoms with Gasteiger partial charge in [-0.1, -0.05) is 6.92 Å². The van der Waals surface area contributed by atoms with Gasteiger partial charge in [0.25, 0.3) is 0 Å².